The van der Waals surface area contributed by atoms with Crippen molar-refractivity contribution in [2.45, 2.75) is 167 Å². The highest BCUT2D eigenvalue weighted by Gasteiger charge is 2.44. The molecule has 17 nitrogen and oxygen atoms in total. The first-order valence-electron chi connectivity index (χ1n) is 25.2. The third kappa shape index (κ3) is 17.0. The van der Waals surface area contributed by atoms with E-state index in [-0.39, 0.29) is 59.7 Å². The lowest BCUT2D eigenvalue weighted by molar-refractivity contribution is -0.148. The van der Waals surface area contributed by atoms with Crippen LogP contribution in [0.25, 0.3) is 0 Å². The molecule has 1 saturated heterocycles. The van der Waals surface area contributed by atoms with Crippen LogP contribution in [0, 0.1) is 23.7 Å². The number of aliphatic hydroxyl groups excluding tert-OH is 1. The van der Waals surface area contributed by atoms with Crippen molar-refractivity contribution >= 4 is 51.6 Å². The lowest BCUT2D eigenvalue weighted by Crippen LogP contribution is -2.60. The summed E-state index contributed by atoms with van der Waals surface area (Å²) in [4.78, 5) is 87.3. The molecule has 0 radical (unpaired) electrons. The van der Waals surface area contributed by atoms with E-state index in [0.717, 1.165) is 19.3 Å². The number of benzene rings is 1. The van der Waals surface area contributed by atoms with Crippen LogP contribution in [-0.4, -0.2) is 163 Å². The van der Waals surface area contributed by atoms with Crippen LogP contribution in [0.5, 0.6) is 0 Å². The summed E-state index contributed by atoms with van der Waals surface area (Å²) in [7, 11) is 6.25. The van der Waals surface area contributed by atoms with Crippen LogP contribution in [0.4, 0.5) is 4.79 Å². The molecule has 1 fully saturated rings. The molecular weight excluding hydrogens is 965 g/mol. The summed E-state index contributed by atoms with van der Waals surface area (Å²) >= 11 is 3.14. The van der Waals surface area contributed by atoms with E-state index in [0.29, 0.717) is 44.3 Å². The second-order valence-electron chi connectivity index (χ2n) is 19.7. The number of nitrogens with zero attached hydrogens (tertiary/aromatic N) is 3. The molecule has 396 valence electrons. The molecule has 0 saturated carbocycles. The number of hydrogen-bond donors (Lipinski definition) is 4. The van der Waals surface area contributed by atoms with Gasteiger partial charge in [0.1, 0.15) is 18.2 Å². The first-order valence-corrected chi connectivity index (χ1v) is 26.4. The van der Waals surface area contributed by atoms with Crippen LogP contribution >= 0.6 is 15.9 Å². The van der Waals surface area contributed by atoms with E-state index in [4.69, 9.17) is 18.9 Å². The van der Waals surface area contributed by atoms with E-state index in [1.54, 1.807) is 42.8 Å². The minimum atomic E-state index is -1.000. The maximum atomic E-state index is 14.7. The fraction of sp³-hybridized carbons (Fsp3) is 0.731. The monoisotopic (exact) mass is 1050 g/mol. The highest BCUT2D eigenvalue weighted by Crippen LogP contribution is 2.30. The maximum Gasteiger partial charge on any atom is 0.410 e. The minimum absolute atomic E-state index is 0.0479. The Morgan fingerprint density at radius 3 is 2.16 bits per heavy atom. The van der Waals surface area contributed by atoms with E-state index in [9.17, 15) is 33.9 Å². The van der Waals surface area contributed by atoms with Crippen molar-refractivity contribution in [3.63, 3.8) is 0 Å². The minimum Gasteiger partial charge on any atom is -0.439 e. The molecule has 2 unspecified atom stereocenters. The Morgan fingerprint density at radius 2 is 1.56 bits per heavy atom. The Balaban J connectivity index is 1.76. The second kappa shape index (κ2) is 30.1. The average Bonchev–Trinajstić information content (AvgIpc) is 3.82. The Bertz CT molecular complexity index is 1840. The number of likely N-dealkylation sites (N-methyl/N-ethyl adjacent to an activating group) is 2. The number of methoxy groups -OCH3 is 2. The molecule has 1 heterocycles. The summed E-state index contributed by atoms with van der Waals surface area (Å²) < 4.78 is 24.2. The zero-order valence-corrected chi connectivity index (χ0v) is 45.4. The van der Waals surface area contributed by atoms with Gasteiger partial charge in [0.25, 0.3) is 0 Å². The predicted octanol–water partition coefficient (Wildman–Crippen LogP) is 5.77. The van der Waals surface area contributed by atoms with E-state index >= 15 is 0 Å². The van der Waals surface area contributed by atoms with E-state index in [1.807, 2.05) is 71.9 Å². The number of hydrogen-bond acceptors (Lipinski definition) is 11. The fourth-order valence-electron chi connectivity index (χ4n) is 9.76. The topological polar surface area (TPSA) is 205 Å². The third-order valence-corrected chi connectivity index (χ3v) is 14.5. The summed E-state index contributed by atoms with van der Waals surface area (Å²) in [6, 6.07) is 5.59. The zero-order valence-electron chi connectivity index (χ0n) is 43.9. The van der Waals surface area contributed by atoms with Crippen molar-refractivity contribution in [3.05, 3.63) is 48.0 Å². The van der Waals surface area contributed by atoms with Crippen LogP contribution in [0.15, 0.2) is 42.5 Å². The Hall–Kier alpha value is -4.10. The molecule has 3 rings (SSSR count). The van der Waals surface area contributed by atoms with Gasteiger partial charge in [-0.05, 0) is 68.4 Å². The summed E-state index contributed by atoms with van der Waals surface area (Å²) in [5.74, 6) is -3.05. The number of carbonyl (C=O) groups excluding carboxylic acids is 6. The quantitative estimate of drug-likeness (QED) is 0.0498. The normalized spacial score (nSPS) is 21.7. The van der Waals surface area contributed by atoms with Crippen molar-refractivity contribution in [1.29, 1.82) is 0 Å². The first kappa shape index (κ1) is 60.2. The number of rotatable bonds is 26. The Labute approximate surface area is 426 Å². The molecule has 1 aromatic rings. The number of aliphatic hydroxyl groups is 1. The lowest BCUT2D eigenvalue weighted by atomic mass is 9.89. The van der Waals surface area contributed by atoms with Gasteiger partial charge in [-0.15, -0.1) is 0 Å². The average molecular weight is 1050 g/mol. The largest absolute Gasteiger partial charge is 0.439 e. The van der Waals surface area contributed by atoms with Crippen LogP contribution in [-0.2, 0) is 42.9 Å². The van der Waals surface area contributed by atoms with Gasteiger partial charge in [0.15, 0.2) is 0 Å². The molecule has 4 N–H and O–H groups in total. The van der Waals surface area contributed by atoms with Gasteiger partial charge < -0.3 is 49.8 Å². The lowest BCUT2D eigenvalue weighted by Gasteiger charge is -2.41. The van der Waals surface area contributed by atoms with Crippen molar-refractivity contribution < 1.29 is 52.8 Å². The van der Waals surface area contributed by atoms with Crippen LogP contribution in [0.1, 0.15) is 118 Å². The number of allylic oxidation sites excluding steroid dienone is 1. The maximum absolute atomic E-state index is 14.7. The van der Waals surface area contributed by atoms with Gasteiger partial charge in [0.2, 0.25) is 29.5 Å². The number of alkyl halides is 1. The van der Waals surface area contributed by atoms with E-state index in [1.165, 1.54) is 26.2 Å². The molecular formula is C52H85BrN6O11. The van der Waals surface area contributed by atoms with E-state index < -0.39 is 78.6 Å². The molecule has 1 aliphatic carbocycles. The van der Waals surface area contributed by atoms with Crippen molar-refractivity contribution in [3.8, 4) is 0 Å². The number of ether oxygens (including phenoxy) is 4. The summed E-state index contributed by atoms with van der Waals surface area (Å²) in [6.07, 6.45) is 4.85. The van der Waals surface area contributed by atoms with Crippen molar-refractivity contribution in [1.82, 2.24) is 30.7 Å². The molecule has 0 aromatic heterocycles. The first-order chi connectivity index (χ1) is 33.2. The molecule has 12 atom stereocenters. The highest BCUT2D eigenvalue weighted by atomic mass is 79.9. The summed E-state index contributed by atoms with van der Waals surface area (Å²) in [6.45, 7) is 15.8. The van der Waals surface area contributed by atoms with Crippen molar-refractivity contribution in [2.75, 3.05) is 53.3 Å². The third-order valence-electron chi connectivity index (χ3n) is 14.0. The zero-order chi connectivity index (χ0) is 52.2. The second-order valence-corrected chi connectivity index (χ2v) is 20.3. The van der Waals surface area contributed by atoms with Gasteiger partial charge in [-0.25, -0.2) is 4.79 Å². The number of nitrogens with one attached hydrogen (secondary N) is 3. The van der Waals surface area contributed by atoms with Gasteiger partial charge in [-0.1, -0.05) is 114 Å². The Morgan fingerprint density at radius 1 is 0.871 bits per heavy atom. The Kier molecular flexibility index (Phi) is 25.8. The smallest absolute Gasteiger partial charge is 0.410 e. The predicted molar refractivity (Wildman–Crippen MR) is 273 cm³/mol. The molecule has 6 amide bonds. The number of amides is 6. The highest BCUT2D eigenvalue weighted by molar-refractivity contribution is 9.09. The van der Waals surface area contributed by atoms with Gasteiger partial charge in [0, 0.05) is 41.4 Å². The van der Waals surface area contributed by atoms with E-state index in [2.05, 4.69) is 31.9 Å². The van der Waals surface area contributed by atoms with Crippen LogP contribution in [0.3, 0.4) is 0 Å². The van der Waals surface area contributed by atoms with Crippen LogP contribution in [0.2, 0.25) is 0 Å². The molecule has 1 aromatic carbocycles. The van der Waals surface area contributed by atoms with Gasteiger partial charge in [-0.3, -0.25) is 28.9 Å². The summed E-state index contributed by atoms with van der Waals surface area (Å²) in [5.41, 5.74) is 0.688. The number of likely N-dealkylation sites (tertiary alicyclic amines) is 1. The standard InChI is InChI=1S/C52H85BrN6O11/c1-13-34(6)46(41(67-11)30-43(61)59-28-21-24-38(59)48(68-12)35(7)49(63)55-36(8)47(62)37-22-17-16-18-23-37)57(9)51(65)44(32(2)3)56-50(64)45(33(4)5)58(10)52(66)70-40-26-20-15-14-19-25-39(40)69-29-27-54-42(60)31-53/h16-18,20,22-23,26,32-36,38-41,44-48,62H,13-15,19,21,24-25,27-31H2,1-12H3,(H,54,60)(H,55,63)(H,56,64)/b26-20+/t34-,35+,36+,38-,39?,40?,41+,44-,45-,46-,47+,48+/m0/s1. The molecule has 2 aliphatic rings. The van der Waals surface area contributed by atoms with Gasteiger partial charge >= 0.3 is 6.09 Å². The number of halogens is 1. The number of carbonyl (C=O) groups is 6. The molecule has 0 bridgehead atoms. The molecule has 70 heavy (non-hydrogen) atoms. The van der Waals surface area contributed by atoms with Crippen LogP contribution < -0.4 is 16.0 Å². The van der Waals surface area contributed by atoms with Gasteiger partial charge in [0.05, 0.1) is 66.8 Å². The molecule has 1 aliphatic heterocycles. The summed E-state index contributed by atoms with van der Waals surface area (Å²) in [5, 5.41) is 19.8. The molecule has 18 heteroatoms. The molecule has 0 spiro atoms. The van der Waals surface area contributed by atoms with Gasteiger partial charge in [-0.2, -0.15) is 0 Å². The fourth-order valence-corrected chi connectivity index (χ4v) is 9.96. The SMILES string of the molecule is CC[C@H](C)[C@@H]([C@@H](CC(=O)N1CCC[C@H]1[C@H](OC)[C@@H](C)C(=O)N[C@H](C)[C@@H](O)c1ccccc1)OC)N(C)C(=O)[C@@H](NC(=O)[C@H](C(C)C)N(C)C(=O)OC1/C=C/CCCCC1OCCNC(=O)CBr)C(C)C. The van der Waals surface area contributed by atoms with Crippen molar-refractivity contribution in [2.24, 2.45) is 23.7 Å².